The van der Waals surface area contributed by atoms with Gasteiger partial charge in [0.15, 0.2) is 0 Å². The van der Waals surface area contributed by atoms with Crippen LogP contribution in [-0.4, -0.2) is 32.1 Å². The van der Waals surface area contributed by atoms with Crippen molar-refractivity contribution in [2.75, 3.05) is 6.54 Å². The molecule has 1 aliphatic heterocycles. The summed E-state index contributed by atoms with van der Waals surface area (Å²) in [5, 5.41) is 4.69. The quantitative estimate of drug-likeness (QED) is 0.855. The number of amides is 1. The molecule has 2 aromatic rings. The van der Waals surface area contributed by atoms with Crippen LogP contribution in [0, 0.1) is 5.92 Å². The third-order valence-electron chi connectivity index (χ3n) is 4.74. The zero-order chi connectivity index (χ0) is 14.9. The lowest BCUT2D eigenvalue weighted by Crippen LogP contribution is -2.38. The molecule has 3 heterocycles. The topological polar surface area (TPSA) is 51.0 Å². The summed E-state index contributed by atoms with van der Waals surface area (Å²) in [5.74, 6) is 0.607. The molecule has 1 saturated carbocycles. The lowest BCUT2D eigenvalue weighted by Gasteiger charge is -2.30. The fourth-order valence-corrected chi connectivity index (χ4v) is 3.22. The van der Waals surface area contributed by atoms with Crippen LogP contribution < -0.4 is 0 Å². The molecule has 0 bridgehead atoms. The van der Waals surface area contributed by atoms with Gasteiger partial charge in [-0.05, 0) is 37.5 Å². The van der Waals surface area contributed by atoms with Gasteiger partial charge in [0.25, 0.3) is 0 Å². The zero-order valence-corrected chi connectivity index (χ0v) is 12.6. The van der Waals surface area contributed by atoms with E-state index in [2.05, 4.69) is 15.7 Å². The molecule has 5 heteroatoms. The molecule has 0 radical (unpaired) electrons. The molecule has 5 nitrogen and oxygen atoms in total. The van der Waals surface area contributed by atoms with Crippen molar-refractivity contribution < 1.29 is 4.79 Å². The predicted molar refractivity (Wildman–Crippen MR) is 82.8 cm³/mol. The largest absolute Gasteiger partial charge is 0.337 e. The van der Waals surface area contributed by atoms with E-state index in [4.69, 9.17) is 5.10 Å². The Labute approximate surface area is 130 Å². The van der Waals surface area contributed by atoms with E-state index >= 15 is 0 Å². The number of rotatable bonds is 2. The number of carbonyl (C=O) groups excluding carboxylic acids is 1. The van der Waals surface area contributed by atoms with E-state index in [1.165, 1.54) is 6.42 Å². The van der Waals surface area contributed by atoms with Crippen LogP contribution in [0.3, 0.4) is 0 Å². The highest BCUT2D eigenvalue weighted by Gasteiger charge is 2.30. The van der Waals surface area contributed by atoms with Crippen LogP contribution in [-0.2, 0) is 17.9 Å². The lowest BCUT2D eigenvalue weighted by atomic mass is 9.84. The molecule has 114 valence electrons. The Bertz CT molecular complexity index is 675. The minimum absolute atomic E-state index is 0.271. The van der Waals surface area contributed by atoms with Gasteiger partial charge in [0.1, 0.15) is 0 Å². The van der Waals surface area contributed by atoms with Gasteiger partial charge in [-0.2, -0.15) is 5.10 Å². The third kappa shape index (κ3) is 2.40. The van der Waals surface area contributed by atoms with Crippen molar-refractivity contribution in [3.8, 4) is 11.3 Å². The standard InChI is InChI=1S/C17H20N4O/c22-17(13-4-1-5-13)20-8-3-9-21-15(12-20)10-16(19-21)14-6-2-7-18-11-14/h2,6-7,10-11,13H,1,3-5,8-9,12H2. The Kier molecular flexibility index (Phi) is 3.41. The van der Waals surface area contributed by atoms with Crippen LogP contribution in [0.5, 0.6) is 0 Å². The molecular formula is C17H20N4O. The summed E-state index contributed by atoms with van der Waals surface area (Å²) in [6.07, 6.45) is 7.90. The molecule has 0 N–H and O–H groups in total. The first-order chi connectivity index (χ1) is 10.8. The van der Waals surface area contributed by atoms with Gasteiger partial charge < -0.3 is 4.90 Å². The maximum absolute atomic E-state index is 12.5. The van der Waals surface area contributed by atoms with Crippen molar-refractivity contribution in [2.24, 2.45) is 5.92 Å². The van der Waals surface area contributed by atoms with E-state index in [9.17, 15) is 4.79 Å². The average Bonchev–Trinajstić information content (AvgIpc) is 2.78. The molecule has 22 heavy (non-hydrogen) atoms. The van der Waals surface area contributed by atoms with Gasteiger partial charge in [-0.1, -0.05) is 6.42 Å². The van der Waals surface area contributed by atoms with E-state index in [-0.39, 0.29) is 5.92 Å². The molecule has 4 rings (SSSR count). The van der Waals surface area contributed by atoms with Crippen LogP contribution in [0.4, 0.5) is 0 Å². The minimum atomic E-state index is 0.271. The molecule has 0 aromatic carbocycles. The maximum atomic E-state index is 12.5. The SMILES string of the molecule is O=C(C1CCC1)N1CCCn2nc(-c3cccnc3)cc2C1. The summed E-state index contributed by atoms with van der Waals surface area (Å²) in [4.78, 5) is 18.7. The van der Waals surface area contributed by atoms with Crippen molar-refractivity contribution in [2.45, 2.75) is 38.8 Å². The number of hydrogen-bond acceptors (Lipinski definition) is 3. The van der Waals surface area contributed by atoms with E-state index in [0.29, 0.717) is 12.5 Å². The first-order valence-corrected chi connectivity index (χ1v) is 8.07. The molecule has 1 fully saturated rings. The Balaban J connectivity index is 1.58. The summed E-state index contributed by atoms with van der Waals surface area (Å²) >= 11 is 0. The molecule has 0 unspecified atom stereocenters. The normalized spacial score (nSPS) is 18.5. The smallest absolute Gasteiger partial charge is 0.226 e. The number of nitrogens with zero attached hydrogens (tertiary/aromatic N) is 4. The van der Waals surface area contributed by atoms with Gasteiger partial charge in [0.05, 0.1) is 17.9 Å². The van der Waals surface area contributed by atoms with E-state index in [1.807, 2.05) is 23.2 Å². The average molecular weight is 296 g/mol. The summed E-state index contributed by atoms with van der Waals surface area (Å²) in [6.45, 7) is 2.41. The number of carbonyl (C=O) groups is 1. The van der Waals surface area contributed by atoms with Gasteiger partial charge in [-0.3, -0.25) is 14.5 Å². The summed E-state index contributed by atoms with van der Waals surface area (Å²) < 4.78 is 2.05. The van der Waals surface area contributed by atoms with Crippen molar-refractivity contribution in [1.82, 2.24) is 19.7 Å². The first-order valence-electron chi connectivity index (χ1n) is 8.07. The second-order valence-corrected chi connectivity index (χ2v) is 6.23. The molecule has 2 aliphatic rings. The molecular weight excluding hydrogens is 276 g/mol. The van der Waals surface area contributed by atoms with Crippen molar-refractivity contribution >= 4 is 5.91 Å². The number of aromatic nitrogens is 3. The van der Waals surface area contributed by atoms with Crippen LogP contribution >= 0.6 is 0 Å². The van der Waals surface area contributed by atoms with Crippen molar-refractivity contribution in [3.05, 3.63) is 36.3 Å². The van der Waals surface area contributed by atoms with Crippen LogP contribution in [0.15, 0.2) is 30.6 Å². The van der Waals surface area contributed by atoms with Crippen molar-refractivity contribution in [1.29, 1.82) is 0 Å². The van der Waals surface area contributed by atoms with Gasteiger partial charge in [-0.15, -0.1) is 0 Å². The maximum Gasteiger partial charge on any atom is 0.226 e. The third-order valence-corrected chi connectivity index (χ3v) is 4.74. The highest BCUT2D eigenvalue weighted by atomic mass is 16.2. The summed E-state index contributed by atoms with van der Waals surface area (Å²) in [7, 11) is 0. The fourth-order valence-electron chi connectivity index (χ4n) is 3.22. The second-order valence-electron chi connectivity index (χ2n) is 6.23. The van der Waals surface area contributed by atoms with Crippen molar-refractivity contribution in [3.63, 3.8) is 0 Å². The van der Waals surface area contributed by atoms with Gasteiger partial charge in [0.2, 0.25) is 5.91 Å². The zero-order valence-electron chi connectivity index (χ0n) is 12.6. The van der Waals surface area contributed by atoms with Gasteiger partial charge in [0, 0.05) is 37.0 Å². The van der Waals surface area contributed by atoms with Gasteiger partial charge >= 0.3 is 0 Å². The first kappa shape index (κ1) is 13.5. The van der Waals surface area contributed by atoms with Crippen LogP contribution in [0.2, 0.25) is 0 Å². The number of pyridine rings is 1. The molecule has 1 aliphatic carbocycles. The number of fused-ring (bicyclic) bond motifs is 1. The van der Waals surface area contributed by atoms with E-state index in [0.717, 1.165) is 49.3 Å². The van der Waals surface area contributed by atoms with Gasteiger partial charge in [-0.25, -0.2) is 0 Å². The monoisotopic (exact) mass is 296 g/mol. The molecule has 2 aromatic heterocycles. The fraction of sp³-hybridized carbons (Fsp3) is 0.471. The Morgan fingerprint density at radius 1 is 1.23 bits per heavy atom. The predicted octanol–water partition coefficient (Wildman–Crippen LogP) is 2.48. The summed E-state index contributed by atoms with van der Waals surface area (Å²) in [5.41, 5.74) is 3.10. The highest BCUT2D eigenvalue weighted by Crippen LogP contribution is 2.30. The summed E-state index contributed by atoms with van der Waals surface area (Å²) in [6, 6.07) is 6.04. The molecule has 0 saturated heterocycles. The molecule has 0 atom stereocenters. The van der Waals surface area contributed by atoms with Crippen LogP contribution in [0.25, 0.3) is 11.3 Å². The number of hydrogen-bond donors (Lipinski definition) is 0. The van der Waals surface area contributed by atoms with E-state index in [1.54, 1.807) is 6.20 Å². The van der Waals surface area contributed by atoms with E-state index < -0.39 is 0 Å². The molecule has 1 amide bonds. The Hall–Kier alpha value is -2.17. The lowest BCUT2D eigenvalue weighted by molar-refractivity contribution is -0.138. The second kappa shape index (κ2) is 5.55. The molecule has 0 spiro atoms. The number of aryl methyl sites for hydroxylation is 1. The Morgan fingerprint density at radius 3 is 2.86 bits per heavy atom. The highest BCUT2D eigenvalue weighted by molar-refractivity contribution is 5.79. The van der Waals surface area contributed by atoms with Crippen LogP contribution in [0.1, 0.15) is 31.4 Å². The minimum Gasteiger partial charge on any atom is -0.337 e. The Morgan fingerprint density at radius 2 is 2.14 bits per heavy atom.